The van der Waals surface area contributed by atoms with Crippen LogP contribution < -0.4 is 15.8 Å². The summed E-state index contributed by atoms with van der Waals surface area (Å²) in [5.74, 6) is 0.688. The summed E-state index contributed by atoms with van der Waals surface area (Å²) < 4.78 is 7.38. The van der Waals surface area contributed by atoms with Crippen LogP contribution in [0.4, 0.5) is 5.69 Å². The lowest BCUT2D eigenvalue weighted by atomic mass is 10.3. The molecule has 0 fully saturated rings. The van der Waals surface area contributed by atoms with Gasteiger partial charge in [0, 0.05) is 6.20 Å². The number of anilines is 1. The van der Waals surface area contributed by atoms with Crippen molar-refractivity contribution in [2.24, 2.45) is 5.73 Å². The van der Waals surface area contributed by atoms with Crippen molar-refractivity contribution in [3.63, 3.8) is 0 Å². The smallest absolute Gasteiger partial charge is 0.168 e. The molecule has 0 saturated carbocycles. The molecule has 0 aliphatic heterocycles. The van der Waals surface area contributed by atoms with Crippen molar-refractivity contribution < 1.29 is 4.74 Å². The van der Waals surface area contributed by atoms with Gasteiger partial charge < -0.3 is 15.8 Å². The summed E-state index contributed by atoms with van der Waals surface area (Å²) in [4.78, 5) is 0. The molecular weight excluding hydrogens is 284 g/mol. The fraction of sp³-hybridized carbons (Fsp3) is 0.167. The summed E-state index contributed by atoms with van der Waals surface area (Å²) >= 11 is 10.6. The Morgan fingerprint density at radius 1 is 1.47 bits per heavy atom. The SMILES string of the molecule is NC(=S)Nc1ccccc1OCCn1cc(Cl)cn1. The minimum atomic E-state index is 0.204. The van der Waals surface area contributed by atoms with Gasteiger partial charge in [-0.1, -0.05) is 23.7 Å². The largest absolute Gasteiger partial charge is 0.489 e. The van der Waals surface area contributed by atoms with Gasteiger partial charge in [0.1, 0.15) is 12.4 Å². The Kier molecular flexibility index (Phi) is 4.59. The van der Waals surface area contributed by atoms with E-state index >= 15 is 0 Å². The summed E-state index contributed by atoms with van der Waals surface area (Å²) in [6, 6.07) is 7.45. The predicted molar refractivity (Wildman–Crippen MR) is 79.6 cm³/mol. The van der Waals surface area contributed by atoms with Crippen molar-refractivity contribution in [1.82, 2.24) is 9.78 Å². The molecule has 100 valence electrons. The van der Waals surface area contributed by atoms with E-state index in [0.29, 0.717) is 23.9 Å². The molecule has 1 aromatic heterocycles. The number of hydrogen-bond acceptors (Lipinski definition) is 3. The Labute approximate surface area is 121 Å². The normalized spacial score (nSPS) is 10.2. The minimum absolute atomic E-state index is 0.204. The number of thiocarbonyl (C=S) groups is 1. The Balaban J connectivity index is 1.93. The second-order valence-corrected chi connectivity index (χ2v) is 4.63. The Bertz CT molecular complexity index is 572. The number of hydrogen-bond donors (Lipinski definition) is 2. The molecule has 1 heterocycles. The number of benzene rings is 1. The number of rotatable bonds is 5. The van der Waals surface area contributed by atoms with E-state index in [2.05, 4.69) is 10.4 Å². The van der Waals surface area contributed by atoms with Gasteiger partial charge in [0.15, 0.2) is 5.11 Å². The van der Waals surface area contributed by atoms with E-state index in [-0.39, 0.29) is 5.11 Å². The summed E-state index contributed by atoms with van der Waals surface area (Å²) in [6.07, 6.45) is 3.33. The van der Waals surface area contributed by atoms with E-state index in [0.717, 1.165) is 5.69 Å². The number of ether oxygens (including phenoxy) is 1. The summed E-state index contributed by atoms with van der Waals surface area (Å²) in [7, 11) is 0. The lowest BCUT2D eigenvalue weighted by Gasteiger charge is -2.12. The van der Waals surface area contributed by atoms with Crippen LogP contribution in [-0.4, -0.2) is 21.5 Å². The number of aromatic nitrogens is 2. The standard InChI is InChI=1S/C12H13ClN4OS/c13-9-7-15-17(8-9)5-6-18-11-4-2-1-3-10(11)16-12(14)19/h1-4,7-8H,5-6H2,(H3,14,16,19). The predicted octanol–water partition coefficient (Wildman–Crippen LogP) is 2.27. The molecule has 0 spiro atoms. The molecule has 7 heteroatoms. The monoisotopic (exact) mass is 296 g/mol. The first-order valence-electron chi connectivity index (χ1n) is 5.61. The zero-order valence-corrected chi connectivity index (χ0v) is 11.6. The first-order valence-corrected chi connectivity index (χ1v) is 6.40. The second-order valence-electron chi connectivity index (χ2n) is 3.76. The molecule has 0 atom stereocenters. The fourth-order valence-corrected chi connectivity index (χ4v) is 1.80. The number of halogens is 1. The molecule has 0 amide bonds. The van der Waals surface area contributed by atoms with Crippen LogP contribution in [-0.2, 0) is 6.54 Å². The average Bonchev–Trinajstić information content (AvgIpc) is 2.77. The third-order valence-electron chi connectivity index (χ3n) is 2.32. The van der Waals surface area contributed by atoms with Crippen molar-refractivity contribution in [2.45, 2.75) is 6.54 Å². The third kappa shape index (κ3) is 4.11. The number of nitrogens with two attached hydrogens (primary N) is 1. The van der Waals surface area contributed by atoms with Crippen molar-refractivity contribution in [2.75, 3.05) is 11.9 Å². The molecule has 2 aromatic rings. The highest BCUT2D eigenvalue weighted by Crippen LogP contribution is 2.23. The van der Waals surface area contributed by atoms with Gasteiger partial charge in [-0.05, 0) is 24.4 Å². The molecule has 19 heavy (non-hydrogen) atoms. The highest BCUT2D eigenvalue weighted by atomic mass is 35.5. The van der Waals surface area contributed by atoms with Crippen molar-refractivity contribution in [3.8, 4) is 5.75 Å². The Morgan fingerprint density at radius 2 is 2.26 bits per heavy atom. The molecular formula is C12H13ClN4OS. The van der Waals surface area contributed by atoms with Gasteiger partial charge in [-0.25, -0.2) is 0 Å². The maximum absolute atomic E-state index is 5.78. The van der Waals surface area contributed by atoms with Gasteiger partial charge >= 0.3 is 0 Å². The molecule has 5 nitrogen and oxygen atoms in total. The van der Waals surface area contributed by atoms with Crippen LogP contribution in [0.5, 0.6) is 5.75 Å². The van der Waals surface area contributed by atoms with Crippen LogP contribution in [0.2, 0.25) is 5.02 Å². The first kappa shape index (κ1) is 13.6. The van der Waals surface area contributed by atoms with Crippen LogP contribution in [0, 0.1) is 0 Å². The Morgan fingerprint density at radius 3 is 2.95 bits per heavy atom. The number of nitrogens with one attached hydrogen (secondary N) is 1. The van der Waals surface area contributed by atoms with E-state index in [4.69, 9.17) is 34.3 Å². The van der Waals surface area contributed by atoms with Gasteiger partial charge in [-0.3, -0.25) is 4.68 Å². The molecule has 0 aliphatic carbocycles. The van der Waals surface area contributed by atoms with Gasteiger partial charge in [0.05, 0.1) is 23.5 Å². The number of nitrogens with zero attached hydrogens (tertiary/aromatic N) is 2. The summed E-state index contributed by atoms with van der Waals surface area (Å²) in [6.45, 7) is 1.07. The van der Waals surface area contributed by atoms with Crippen molar-refractivity contribution in [3.05, 3.63) is 41.7 Å². The second kappa shape index (κ2) is 6.40. The average molecular weight is 297 g/mol. The van der Waals surface area contributed by atoms with E-state index < -0.39 is 0 Å². The van der Waals surface area contributed by atoms with Crippen LogP contribution in [0.3, 0.4) is 0 Å². The topological polar surface area (TPSA) is 65.1 Å². The summed E-state index contributed by atoms with van der Waals surface area (Å²) in [5.41, 5.74) is 6.20. The molecule has 0 bridgehead atoms. The molecule has 1 aromatic carbocycles. The molecule has 0 aliphatic rings. The van der Waals surface area contributed by atoms with E-state index in [1.807, 2.05) is 24.3 Å². The maximum Gasteiger partial charge on any atom is 0.168 e. The first-order chi connectivity index (χ1) is 9.15. The van der Waals surface area contributed by atoms with Gasteiger partial charge in [0.25, 0.3) is 0 Å². The number of para-hydroxylation sites is 2. The zero-order chi connectivity index (χ0) is 13.7. The minimum Gasteiger partial charge on any atom is -0.489 e. The highest BCUT2D eigenvalue weighted by molar-refractivity contribution is 7.80. The Hall–Kier alpha value is -1.79. The lowest BCUT2D eigenvalue weighted by molar-refractivity contribution is 0.292. The molecule has 2 rings (SSSR count). The van der Waals surface area contributed by atoms with Crippen LogP contribution in [0.25, 0.3) is 0 Å². The van der Waals surface area contributed by atoms with Crippen LogP contribution in [0.15, 0.2) is 36.7 Å². The van der Waals surface area contributed by atoms with Crippen LogP contribution in [0.1, 0.15) is 0 Å². The van der Waals surface area contributed by atoms with Crippen molar-refractivity contribution >= 4 is 34.6 Å². The van der Waals surface area contributed by atoms with E-state index in [1.54, 1.807) is 17.1 Å². The highest BCUT2D eigenvalue weighted by Gasteiger charge is 2.03. The fourth-order valence-electron chi connectivity index (χ4n) is 1.54. The lowest BCUT2D eigenvalue weighted by Crippen LogP contribution is -2.19. The molecule has 0 radical (unpaired) electrons. The maximum atomic E-state index is 5.78. The molecule has 0 saturated heterocycles. The zero-order valence-electron chi connectivity index (χ0n) is 10.0. The van der Waals surface area contributed by atoms with Crippen molar-refractivity contribution in [1.29, 1.82) is 0 Å². The van der Waals surface area contributed by atoms with Gasteiger partial charge in [-0.2, -0.15) is 5.10 Å². The quantitative estimate of drug-likeness (QED) is 0.829. The summed E-state index contributed by atoms with van der Waals surface area (Å²) in [5, 5.41) is 7.74. The van der Waals surface area contributed by atoms with Crippen LogP contribution >= 0.6 is 23.8 Å². The molecule has 0 unspecified atom stereocenters. The van der Waals surface area contributed by atoms with E-state index in [1.165, 1.54) is 0 Å². The van der Waals surface area contributed by atoms with Gasteiger partial charge in [0.2, 0.25) is 0 Å². The van der Waals surface area contributed by atoms with E-state index in [9.17, 15) is 0 Å². The van der Waals surface area contributed by atoms with Gasteiger partial charge in [-0.15, -0.1) is 0 Å². The molecule has 3 N–H and O–H groups in total. The third-order valence-corrected chi connectivity index (χ3v) is 2.62.